The van der Waals surface area contributed by atoms with Gasteiger partial charge in [-0.3, -0.25) is 4.79 Å². The summed E-state index contributed by atoms with van der Waals surface area (Å²) in [5, 5.41) is 0.531. The summed E-state index contributed by atoms with van der Waals surface area (Å²) >= 11 is 9.40. The molecule has 0 aliphatic rings. The molecule has 88 valence electrons. The van der Waals surface area contributed by atoms with Gasteiger partial charge in [0.2, 0.25) is 0 Å². The molecule has 2 atom stereocenters. The van der Waals surface area contributed by atoms with Gasteiger partial charge < -0.3 is 4.74 Å². The molecule has 0 bridgehead atoms. The van der Waals surface area contributed by atoms with E-state index in [1.165, 1.54) is 0 Å². The second kappa shape index (κ2) is 5.19. The summed E-state index contributed by atoms with van der Waals surface area (Å²) in [7, 11) is 0. The fourth-order valence-corrected chi connectivity index (χ4v) is 1.87. The Hall–Kier alpha value is -0.540. The van der Waals surface area contributed by atoms with Crippen LogP contribution in [-0.2, 0) is 4.79 Å². The number of carbonyl (C=O) groups is 1. The quantitative estimate of drug-likeness (QED) is 0.784. The van der Waals surface area contributed by atoms with Gasteiger partial charge in [-0.05, 0) is 41.9 Å². The SMILES string of the molecule is CC(=O)C(C)C(C)(Br)Oc1ccccc1Cl. The molecular weight excluding hydrogens is 291 g/mol. The Kier molecular flexibility index (Phi) is 4.39. The maximum atomic E-state index is 11.3. The van der Waals surface area contributed by atoms with Gasteiger partial charge in [0.1, 0.15) is 11.5 Å². The molecule has 0 N–H and O–H groups in total. The summed E-state index contributed by atoms with van der Waals surface area (Å²) in [6.07, 6.45) is 0. The third-order valence-corrected chi connectivity index (χ3v) is 3.69. The van der Waals surface area contributed by atoms with Gasteiger partial charge in [0.25, 0.3) is 0 Å². The van der Waals surface area contributed by atoms with Gasteiger partial charge in [-0.15, -0.1) is 0 Å². The van der Waals surface area contributed by atoms with Crippen molar-refractivity contribution in [3.05, 3.63) is 29.3 Å². The molecule has 0 aliphatic heterocycles. The molecule has 0 radical (unpaired) electrons. The van der Waals surface area contributed by atoms with Crippen molar-refractivity contribution < 1.29 is 9.53 Å². The highest BCUT2D eigenvalue weighted by Crippen LogP contribution is 2.34. The van der Waals surface area contributed by atoms with E-state index in [9.17, 15) is 4.79 Å². The summed E-state index contributed by atoms with van der Waals surface area (Å²) in [6.45, 7) is 5.16. The van der Waals surface area contributed by atoms with Crippen LogP contribution in [0.2, 0.25) is 5.02 Å². The summed E-state index contributed by atoms with van der Waals surface area (Å²) < 4.78 is 4.97. The van der Waals surface area contributed by atoms with Gasteiger partial charge >= 0.3 is 0 Å². The van der Waals surface area contributed by atoms with Crippen LogP contribution in [0.3, 0.4) is 0 Å². The lowest BCUT2D eigenvalue weighted by Crippen LogP contribution is -2.36. The Morgan fingerprint density at radius 1 is 1.50 bits per heavy atom. The first-order chi connectivity index (χ1) is 7.34. The number of para-hydroxylation sites is 1. The first-order valence-corrected chi connectivity index (χ1v) is 6.14. The van der Waals surface area contributed by atoms with E-state index in [2.05, 4.69) is 15.9 Å². The molecule has 0 aromatic heterocycles. The van der Waals surface area contributed by atoms with Crippen LogP contribution in [0.4, 0.5) is 0 Å². The normalized spacial score (nSPS) is 16.3. The molecule has 0 heterocycles. The van der Waals surface area contributed by atoms with Crippen LogP contribution in [0.25, 0.3) is 0 Å². The van der Waals surface area contributed by atoms with E-state index in [1.54, 1.807) is 19.1 Å². The van der Waals surface area contributed by atoms with Crippen LogP contribution in [0.1, 0.15) is 20.8 Å². The number of Topliss-reactive ketones (excluding diaryl/α,β-unsaturated/α-hetero) is 1. The average molecular weight is 306 g/mol. The minimum atomic E-state index is -0.746. The second-order valence-corrected chi connectivity index (χ2v) is 5.83. The predicted molar refractivity (Wildman–Crippen MR) is 69.3 cm³/mol. The van der Waals surface area contributed by atoms with Crippen molar-refractivity contribution in [2.45, 2.75) is 25.3 Å². The summed E-state index contributed by atoms with van der Waals surface area (Å²) in [5.74, 6) is 0.367. The number of alkyl halides is 1. The van der Waals surface area contributed by atoms with E-state index in [0.29, 0.717) is 10.8 Å². The Labute approximate surface area is 109 Å². The van der Waals surface area contributed by atoms with Crippen molar-refractivity contribution in [2.75, 3.05) is 0 Å². The number of ketones is 1. The zero-order chi connectivity index (χ0) is 12.3. The maximum Gasteiger partial charge on any atom is 0.169 e. The van der Waals surface area contributed by atoms with E-state index in [4.69, 9.17) is 16.3 Å². The molecule has 4 heteroatoms. The number of hydrogen-bond acceptors (Lipinski definition) is 2. The van der Waals surface area contributed by atoms with Crippen LogP contribution < -0.4 is 4.74 Å². The van der Waals surface area contributed by atoms with Crippen molar-refractivity contribution >= 4 is 33.3 Å². The van der Waals surface area contributed by atoms with E-state index < -0.39 is 4.51 Å². The van der Waals surface area contributed by atoms with Crippen molar-refractivity contribution in [3.63, 3.8) is 0 Å². The highest BCUT2D eigenvalue weighted by atomic mass is 79.9. The van der Waals surface area contributed by atoms with E-state index in [-0.39, 0.29) is 11.7 Å². The van der Waals surface area contributed by atoms with Gasteiger partial charge in [-0.1, -0.05) is 30.7 Å². The predicted octanol–water partition coefficient (Wildman–Crippen LogP) is 4.06. The van der Waals surface area contributed by atoms with Gasteiger partial charge in [-0.25, -0.2) is 0 Å². The lowest BCUT2D eigenvalue weighted by atomic mass is 10.0. The number of carbonyl (C=O) groups excluding carboxylic acids is 1. The Morgan fingerprint density at radius 3 is 2.56 bits per heavy atom. The third kappa shape index (κ3) is 3.22. The van der Waals surface area contributed by atoms with Crippen molar-refractivity contribution in [1.82, 2.24) is 0 Å². The van der Waals surface area contributed by atoms with Gasteiger partial charge in [-0.2, -0.15) is 0 Å². The molecule has 1 aromatic carbocycles. The van der Waals surface area contributed by atoms with E-state index in [1.807, 2.05) is 26.0 Å². The molecule has 0 aliphatic carbocycles. The van der Waals surface area contributed by atoms with Gasteiger partial charge in [0.05, 0.1) is 10.9 Å². The average Bonchev–Trinajstić information content (AvgIpc) is 2.20. The molecule has 0 saturated heterocycles. The summed E-state index contributed by atoms with van der Waals surface area (Å²) in [5.41, 5.74) is 0. The maximum absolute atomic E-state index is 11.3. The van der Waals surface area contributed by atoms with E-state index in [0.717, 1.165) is 0 Å². The van der Waals surface area contributed by atoms with Crippen LogP contribution in [0.5, 0.6) is 5.75 Å². The molecule has 1 rings (SSSR count). The standard InChI is InChI=1S/C12H14BrClO2/c1-8(9(2)15)12(3,13)16-11-7-5-4-6-10(11)14/h4-8H,1-3H3. The van der Waals surface area contributed by atoms with Crippen molar-refractivity contribution in [1.29, 1.82) is 0 Å². The molecule has 0 amide bonds. The monoisotopic (exact) mass is 304 g/mol. The van der Waals surface area contributed by atoms with Crippen LogP contribution >= 0.6 is 27.5 Å². The number of ether oxygens (including phenoxy) is 1. The number of benzene rings is 1. The molecule has 0 fully saturated rings. The fraction of sp³-hybridized carbons (Fsp3) is 0.417. The Bertz CT molecular complexity index is 390. The van der Waals surface area contributed by atoms with Crippen LogP contribution in [0, 0.1) is 5.92 Å². The highest BCUT2D eigenvalue weighted by Gasteiger charge is 2.33. The fourth-order valence-electron chi connectivity index (χ4n) is 1.19. The number of halogens is 2. The van der Waals surface area contributed by atoms with Gasteiger partial charge in [0.15, 0.2) is 4.51 Å². The second-order valence-electron chi connectivity index (χ2n) is 3.85. The first kappa shape index (κ1) is 13.5. The molecule has 16 heavy (non-hydrogen) atoms. The summed E-state index contributed by atoms with van der Waals surface area (Å²) in [4.78, 5) is 11.3. The zero-order valence-electron chi connectivity index (χ0n) is 9.46. The van der Waals surface area contributed by atoms with Crippen molar-refractivity contribution in [2.24, 2.45) is 5.92 Å². The minimum Gasteiger partial charge on any atom is -0.474 e. The largest absolute Gasteiger partial charge is 0.474 e. The number of hydrogen-bond donors (Lipinski definition) is 0. The lowest BCUT2D eigenvalue weighted by molar-refractivity contribution is -0.123. The Morgan fingerprint density at radius 2 is 2.06 bits per heavy atom. The number of rotatable bonds is 4. The molecular formula is C12H14BrClO2. The Balaban J connectivity index is 2.88. The molecule has 0 spiro atoms. The highest BCUT2D eigenvalue weighted by molar-refractivity contribution is 9.10. The smallest absolute Gasteiger partial charge is 0.169 e. The summed E-state index contributed by atoms with van der Waals surface area (Å²) in [6, 6.07) is 7.19. The molecule has 2 unspecified atom stereocenters. The first-order valence-electron chi connectivity index (χ1n) is 4.97. The molecule has 1 aromatic rings. The van der Waals surface area contributed by atoms with Crippen LogP contribution in [-0.4, -0.2) is 10.3 Å². The third-order valence-electron chi connectivity index (χ3n) is 2.53. The topological polar surface area (TPSA) is 26.3 Å². The van der Waals surface area contributed by atoms with Gasteiger partial charge in [0, 0.05) is 0 Å². The minimum absolute atomic E-state index is 0.0615. The van der Waals surface area contributed by atoms with Crippen molar-refractivity contribution in [3.8, 4) is 5.75 Å². The van der Waals surface area contributed by atoms with E-state index >= 15 is 0 Å². The van der Waals surface area contributed by atoms with Crippen LogP contribution in [0.15, 0.2) is 24.3 Å². The lowest BCUT2D eigenvalue weighted by Gasteiger charge is -2.29. The molecule has 0 saturated carbocycles. The molecule has 2 nitrogen and oxygen atoms in total. The zero-order valence-corrected chi connectivity index (χ0v) is 11.8.